The summed E-state index contributed by atoms with van der Waals surface area (Å²) in [6, 6.07) is 6.52. The Balaban J connectivity index is 2.43. The molecule has 0 saturated carbocycles. The molecule has 2 aromatic rings. The van der Waals surface area contributed by atoms with Gasteiger partial charge in [-0.15, -0.1) is 0 Å². The quantitative estimate of drug-likeness (QED) is 0.554. The first kappa shape index (κ1) is 15.2. The van der Waals surface area contributed by atoms with Gasteiger partial charge in [0.05, 0.1) is 7.11 Å². The Morgan fingerprint density at radius 2 is 2.00 bits per heavy atom. The lowest BCUT2D eigenvalue weighted by atomic mass is 10.0. The van der Waals surface area contributed by atoms with Gasteiger partial charge in [-0.3, -0.25) is 10.4 Å². The predicted octanol–water partition coefficient (Wildman–Crippen LogP) is 0.632. The van der Waals surface area contributed by atoms with Crippen molar-refractivity contribution < 1.29 is 20.0 Å². The van der Waals surface area contributed by atoms with Crippen molar-refractivity contribution in [3.8, 4) is 5.75 Å². The number of allylic oxidation sites excluding steroid dienone is 1. The van der Waals surface area contributed by atoms with E-state index < -0.39 is 5.97 Å². The van der Waals surface area contributed by atoms with Crippen LogP contribution in [0.4, 0.5) is 5.69 Å². The summed E-state index contributed by atoms with van der Waals surface area (Å²) < 4.78 is 5.19. The van der Waals surface area contributed by atoms with E-state index in [0.29, 0.717) is 17.0 Å². The molecule has 0 bridgehead atoms. The predicted molar refractivity (Wildman–Crippen MR) is 83.7 cm³/mol. The molecule has 2 rings (SSSR count). The Morgan fingerprint density at radius 3 is 2.59 bits per heavy atom. The highest BCUT2D eigenvalue weighted by molar-refractivity contribution is 6.13. The van der Waals surface area contributed by atoms with Crippen LogP contribution in [0, 0.1) is 0 Å². The molecule has 0 fully saturated rings. The minimum absolute atomic E-state index is 0.00645. The molecule has 0 atom stereocenters. The number of carboxylic acid groups (broad SMARTS) is 1. The van der Waals surface area contributed by atoms with Crippen molar-refractivity contribution in [1.29, 1.82) is 0 Å². The molecule has 0 aliphatic rings. The zero-order chi connectivity index (χ0) is 16.1. The highest BCUT2D eigenvalue weighted by Gasteiger charge is 2.22. The number of nitrogens with zero attached hydrogens (tertiary/aromatic N) is 1. The lowest BCUT2D eigenvalue weighted by molar-refractivity contribution is -0.110. The summed E-state index contributed by atoms with van der Waals surface area (Å²) in [4.78, 5) is 15.2. The van der Waals surface area contributed by atoms with Gasteiger partial charge in [0.15, 0.2) is 0 Å². The summed E-state index contributed by atoms with van der Waals surface area (Å²) >= 11 is 0. The average Bonchev–Trinajstić information content (AvgIpc) is 2.52. The topological polar surface area (TPSA) is 111 Å². The van der Waals surface area contributed by atoms with Crippen LogP contribution in [0.5, 0.6) is 5.75 Å². The van der Waals surface area contributed by atoms with E-state index in [9.17, 15) is 9.90 Å². The highest BCUT2D eigenvalue weighted by atomic mass is 16.5. The molecule has 0 radical (unpaired) electrons. The number of aromatic carboxylic acids is 1. The van der Waals surface area contributed by atoms with Gasteiger partial charge in [-0.2, -0.15) is 0 Å². The Bertz CT molecular complexity index is 740. The minimum atomic E-state index is -1.11. The van der Waals surface area contributed by atoms with Gasteiger partial charge in [0, 0.05) is 24.2 Å². The fourth-order valence-corrected chi connectivity index (χ4v) is 2.02. The Labute approximate surface area is 127 Å². The molecule has 6 nitrogen and oxygen atoms in total. The van der Waals surface area contributed by atoms with Crippen molar-refractivity contribution >= 4 is 23.4 Å². The lowest BCUT2D eigenvalue weighted by Crippen LogP contribution is -2.39. The average molecular weight is 298 g/mol. The van der Waals surface area contributed by atoms with E-state index in [1.807, 2.05) is 12.1 Å². The first-order chi connectivity index (χ1) is 10.5. The molecule has 22 heavy (non-hydrogen) atoms. The van der Waals surface area contributed by atoms with Crippen LogP contribution in [0.2, 0.25) is 0 Å². The van der Waals surface area contributed by atoms with Crippen molar-refractivity contribution in [3.05, 3.63) is 59.4 Å². The third-order valence-corrected chi connectivity index (χ3v) is 3.07. The van der Waals surface area contributed by atoms with Gasteiger partial charge in [-0.25, -0.2) is 4.79 Å². The van der Waals surface area contributed by atoms with Crippen LogP contribution in [-0.2, 0) is 0 Å². The van der Waals surface area contributed by atoms with Gasteiger partial charge in [0.2, 0.25) is 5.71 Å². The Hall–Kier alpha value is -3.15. The number of methoxy groups -OCH3 is 1. The fraction of sp³-hybridized carbons (Fsp3) is 0.0625. The van der Waals surface area contributed by atoms with Crippen molar-refractivity contribution in [2.24, 2.45) is 0 Å². The van der Waals surface area contributed by atoms with Crippen molar-refractivity contribution in [2.75, 3.05) is 12.8 Å². The number of hydrogen-bond donors (Lipinski definition) is 3. The van der Waals surface area contributed by atoms with Gasteiger partial charge < -0.3 is 15.6 Å². The van der Waals surface area contributed by atoms with Crippen LogP contribution < -0.4 is 15.9 Å². The second kappa shape index (κ2) is 6.53. The van der Waals surface area contributed by atoms with E-state index in [0.717, 1.165) is 5.56 Å². The maximum atomic E-state index is 11.3. The standard InChI is InChI=1S/C16H15N3O3/c1-22-15-11(16(20)21)3-5-13(18)14(15)12(17)4-2-10-6-8-19-9-7-10/h2-9,17H,18H2,1H3,(H,20,21)/p+1/b4-2+,17-12?. The molecule has 1 aromatic heterocycles. The van der Waals surface area contributed by atoms with Crippen LogP contribution in [0.25, 0.3) is 6.08 Å². The molecular weight excluding hydrogens is 282 g/mol. The Kier molecular flexibility index (Phi) is 4.53. The van der Waals surface area contributed by atoms with Gasteiger partial charge in [-0.1, -0.05) is 0 Å². The highest BCUT2D eigenvalue weighted by Crippen LogP contribution is 2.29. The summed E-state index contributed by atoms with van der Waals surface area (Å²) in [5.41, 5.74) is 7.86. The van der Waals surface area contributed by atoms with E-state index in [1.165, 1.54) is 19.2 Å². The maximum absolute atomic E-state index is 11.3. The number of nitrogens with two attached hydrogens (primary N) is 2. The van der Waals surface area contributed by atoms with E-state index in [-0.39, 0.29) is 11.3 Å². The molecule has 0 amide bonds. The number of carbonyl (C=O) groups is 1. The monoisotopic (exact) mass is 298 g/mol. The first-order valence-electron chi connectivity index (χ1n) is 6.45. The lowest BCUT2D eigenvalue weighted by Gasteiger charge is -2.11. The van der Waals surface area contributed by atoms with Crippen molar-refractivity contribution in [2.45, 2.75) is 0 Å². The third-order valence-electron chi connectivity index (χ3n) is 3.07. The van der Waals surface area contributed by atoms with Gasteiger partial charge in [-0.05, 0) is 35.9 Å². The van der Waals surface area contributed by atoms with Crippen molar-refractivity contribution in [1.82, 2.24) is 4.98 Å². The minimum Gasteiger partial charge on any atom is -0.495 e. The molecule has 6 heteroatoms. The fourth-order valence-electron chi connectivity index (χ4n) is 2.02. The maximum Gasteiger partial charge on any atom is 0.339 e. The molecule has 5 N–H and O–H groups in total. The molecule has 0 unspecified atom stereocenters. The third kappa shape index (κ3) is 3.12. The van der Waals surface area contributed by atoms with E-state index in [1.54, 1.807) is 24.5 Å². The molecule has 1 aromatic carbocycles. The first-order valence-corrected chi connectivity index (χ1v) is 6.45. The molecule has 1 heterocycles. The molecule has 0 saturated heterocycles. The van der Waals surface area contributed by atoms with Gasteiger partial charge in [0.25, 0.3) is 0 Å². The largest absolute Gasteiger partial charge is 0.495 e. The van der Waals surface area contributed by atoms with Gasteiger partial charge >= 0.3 is 5.97 Å². The van der Waals surface area contributed by atoms with E-state index >= 15 is 0 Å². The second-order valence-electron chi connectivity index (χ2n) is 4.48. The summed E-state index contributed by atoms with van der Waals surface area (Å²) in [6.07, 6.45) is 6.75. The number of carboxylic acids is 1. The molecular formula is C16H16N3O3+. The summed E-state index contributed by atoms with van der Waals surface area (Å²) in [6.45, 7) is 0. The van der Waals surface area contributed by atoms with Crippen LogP contribution in [-0.4, -0.2) is 28.9 Å². The normalized spacial score (nSPS) is 10.6. The second-order valence-corrected chi connectivity index (χ2v) is 4.48. The number of benzene rings is 1. The molecule has 0 spiro atoms. The van der Waals surface area contributed by atoms with Crippen LogP contribution in [0.3, 0.4) is 0 Å². The van der Waals surface area contributed by atoms with Gasteiger partial charge in [0.1, 0.15) is 16.9 Å². The molecule has 0 aliphatic carbocycles. The smallest absolute Gasteiger partial charge is 0.339 e. The zero-order valence-corrected chi connectivity index (χ0v) is 12.0. The SMILES string of the molecule is COc1c(C(=O)O)ccc(N)c1C(=[NH2+])/C=C/c1ccncc1. The Morgan fingerprint density at radius 1 is 1.32 bits per heavy atom. The zero-order valence-electron chi connectivity index (χ0n) is 12.0. The number of anilines is 1. The van der Waals surface area contributed by atoms with Crippen LogP contribution in [0.15, 0.2) is 42.7 Å². The number of aromatic nitrogens is 1. The number of nitrogen functional groups attached to an aromatic ring is 1. The number of pyridine rings is 1. The summed E-state index contributed by atoms with van der Waals surface area (Å²) in [7, 11) is 1.38. The number of hydrogen-bond acceptors (Lipinski definition) is 4. The number of ether oxygens (including phenoxy) is 1. The summed E-state index contributed by atoms with van der Waals surface area (Å²) in [5.74, 6) is -0.964. The van der Waals surface area contributed by atoms with Crippen LogP contribution >= 0.6 is 0 Å². The summed E-state index contributed by atoms with van der Waals surface area (Å²) in [5, 5.41) is 15.3. The molecule has 0 aliphatic heterocycles. The van der Waals surface area contributed by atoms with E-state index in [4.69, 9.17) is 15.9 Å². The van der Waals surface area contributed by atoms with Crippen LogP contribution in [0.1, 0.15) is 21.5 Å². The number of rotatable bonds is 5. The van der Waals surface area contributed by atoms with E-state index in [2.05, 4.69) is 4.98 Å². The molecule has 112 valence electrons. The van der Waals surface area contributed by atoms with Crippen molar-refractivity contribution in [3.63, 3.8) is 0 Å².